The molecule has 1 saturated heterocycles. The molecule has 0 spiro atoms. The van der Waals surface area contributed by atoms with E-state index >= 15 is 0 Å². The second-order valence-electron chi connectivity index (χ2n) is 6.51. The van der Waals surface area contributed by atoms with E-state index in [1.165, 1.54) is 12.5 Å². The van der Waals surface area contributed by atoms with Gasteiger partial charge in [-0.3, -0.25) is 9.59 Å². The van der Waals surface area contributed by atoms with Crippen LogP contribution in [0.25, 0.3) is 0 Å². The summed E-state index contributed by atoms with van der Waals surface area (Å²) < 4.78 is 4.96. The first-order valence-corrected chi connectivity index (χ1v) is 8.77. The lowest BCUT2D eigenvalue weighted by molar-refractivity contribution is -0.126. The number of primary amides is 1. The molecule has 2 heterocycles. The van der Waals surface area contributed by atoms with Crippen molar-refractivity contribution in [3.8, 4) is 0 Å². The van der Waals surface area contributed by atoms with Gasteiger partial charge in [-0.1, -0.05) is 12.1 Å². The summed E-state index contributed by atoms with van der Waals surface area (Å²) in [7, 11) is 0. The molecule has 1 aliphatic rings. The van der Waals surface area contributed by atoms with Crippen LogP contribution >= 0.6 is 0 Å². The number of urea groups is 1. The number of hydrogen-bond donors (Lipinski definition) is 3. The Morgan fingerprint density at radius 1 is 1.19 bits per heavy atom. The molecule has 0 unspecified atom stereocenters. The molecule has 8 heteroatoms. The number of anilines is 1. The first-order chi connectivity index (χ1) is 13.0. The fourth-order valence-electron chi connectivity index (χ4n) is 3.13. The molecule has 0 saturated carbocycles. The minimum atomic E-state index is -0.622. The Balaban J connectivity index is 1.51. The molecule has 142 valence electrons. The third kappa shape index (κ3) is 4.87. The van der Waals surface area contributed by atoms with Gasteiger partial charge in [0.25, 0.3) is 5.91 Å². The summed E-state index contributed by atoms with van der Waals surface area (Å²) in [4.78, 5) is 37.4. The fraction of sp³-hybridized carbons (Fsp3) is 0.316. The zero-order valence-corrected chi connectivity index (χ0v) is 14.8. The van der Waals surface area contributed by atoms with Crippen LogP contribution in [0.1, 0.15) is 28.8 Å². The Kier molecular flexibility index (Phi) is 5.75. The molecule has 0 radical (unpaired) electrons. The highest BCUT2D eigenvalue weighted by molar-refractivity contribution is 5.94. The van der Waals surface area contributed by atoms with Crippen molar-refractivity contribution >= 4 is 23.5 Å². The average molecular weight is 370 g/mol. The topological polar surface area (TPSA) is 118 Å². The Hall–Kier alpha value is -3.29. The van der Waals surface area contributed by atoms with Crippen molar-refractivity contribution < 1.29 is 18.8 Å². The molecule has 27 heavy (non-hydrogen) atoms. The zero-order valence-electron chi connectivity index (χ0n) is 14.8. The lowest BCUT2D eigenvalue weighted by Gasteiger charge is -2.31. The van der Waals surface area contributed by atoms with Gasteiger partial charge in [-0.2, -0.15) is 0 Å². The lowest BCUT2D eigenvalue weighted by atomic mass is 9.96. The van der Waals surface area contributed by atoms with E-state index < -0.39 is 6.03 Å². The molecule has 8 nitrogen and oxygen atoms in total. The van der Waals surface area contributed by atoms with E-state index in [1.54, 1.807) is 35.2 Å². The minimum absolute atomic E-state index is 0.0703. The molecule has 1 fully saturated rings. The Labute approximate surface area is 156 Å². The molecular weight excluding hydrogens is 348 g/mol. The number of nitrogens with two attached hydrogens (primary N) is 1. The maximum absolute atomic E-state index is 12.5. The van der Waals surface area contributed by atoms with Crippen molar-refractivity contribution in [1.29, 1.82) is 0 Å². The summed E-state index contributed by atoms with van der Waals surface area (Å²) in [6, 6.07) is 8.06. The predicted molar refractivity (Wildman–Crippen MR) is 98.8 cm³/mol. The highest BCUT2D eigenvalue weighted by Gasteiger charge is 2.29. The van der Waals surface area contributed by atoms with Gasteiger partial charge in [0.2, 0.25) is 5.91 Å². The van der Waals surface area contributed by atoms with Crippen LogP contribution in [0.5, 0.6) is 0 Å². The Morgan fingerprint density at radius 3 is 2.63 bits per heavy atom. The molecule has 0 bridgehead atoms. The second-order valence-corrected chi connectivity index (χ2v) is 6.51. The lowest BCUT2D eigenvalue weighted by Crippen LogP contribution is -2.45. The quantitative estimate of drug-likeness (QED) is 0.745. The molecule has 2 aromatic rings. The van der Waals surface area contributed by atoms with E-state index in [-0.39, 0.29) is 17.7 Å². The van der Waals surface area contributed by atoms with Gasteiger partial charge in [-0.15, -0.1) is 0 Å². The molecule has 1 aromatic carbocycles. The maximum Gasteiger partial charge on any atom is 0.316 e. The molecule has 0 aliphatic carbocycles. The van der Waals surface area contributed by atoms with Crippen LogP contribution in [0.4, 0.5) is 10.5 Å². The van der Waals surface area contributed by atoms with Crippen molar-refractivity contribution in [2.24, 2.45) is 11.7 Å². The molecule has 4 N–H and O–H groups in total. The van der Waals surface area contributed by atoms with Crippen molar-refractivity contribution in [2.75, 3.05) is 18.4 Å². The molecule has 1 aromatic heterocycles. The number of rotatable bonds is 5. The number of benzene rings is 1. The van der Waals surface area contributed by atoms with Gasteiger partial charge in [0, 0.05) is 25.3 Å². The van der Waals surface area contributed by atoms with Crippen molar-refractivity contribution in [2.45, 2.75) is 19.4 Å². The van der Waals surface area contributed by atoms with Crippen molar-refractivity contribution in [3.05, 3.63) is 54.0 Å². The van der Waals surface area contributed by atoms with Crippen LogP contribution in [0.15, 0.2) is 47.3 Å². The van der Waals surface area contributed by atoms with E-state index in [9.17, 15) is 14.4 Å². The van der Waals surface area contributed by atoms with E-state index in [1.807, 2.05) is 0 Å². The maximum atomic E-state index is 12.5. The fourth-order valence-corrected chi connectivity index (χ4v) is 3.13. The van der Waals surface area contributed by atoms with E-state index in [4.69, 9.17) is 10.2 Å². The molecule has 4 amide bonds. The van der Waals surface area contributed by atoms with Crippen molar-refractivity contribution in [3.63, 3.8) is 0 Å². The Bertz CT molecular complexity index is 802. The summed E-state index contributed by atoms with van der Waals surface area (Å²) >= 11 is 0. The number of nitrogens with zero attached hydrogens (tertiary/aromatic N) is 1. The normalized spacial score (nSPS) is 16.6. The number of amides is 4. The number of furan rings is 1. The van der Waals surface area contributed by atoms with Gasteiger partial charge in [-0.25, -0.2) is 4.79 Å². The number of hydrogen-bond acceptors (Lipinski definition) is 4. The standard InChI is InChI=1S/C19H22N4O4/c20-19(26)22-16-5-3-13(4-6-16)10-21-17(24)14-2-1-8-23(11-14)18(25)15-7-9-27-12-15/h3-7,9,12,14H,1-2,8,10-11H2,(H,21,24)(H3,20,22,26)/t14-/m1/s1. The monoisotopic (exact) mass is 370 g/mol. The van der Waals surface area contributed by atoms with E-state index in [0.29, 0.717) is 30.9 Å². The highest BCUT2D eigenvalue weighted by atomic mass is 16.3. The SMILES string of the molecule is NC(=O)Nc1ccc(CNC(=O)[C@@H]2CCCN(C(=O)c3ccoc3)C2)cc1. The smallest absolute Gasteiger partial charge is 0.316 e. The summed E-state index contributed by atoms with van der Waals surface area (Å²) in [6.45, 7) is 1.42. The highest BCUT2D eigenvalue weighted by Crippen LogP contribution is 2.19. The Morgan fingerprint density at radius 2 is 1.96 bits per heavy atom. The summed E-state index contributed by atoms with van der Waals surface area (Å²) in [5, 5.41) is 5.40. The molecular formula is C19H22N4O4. The first-order valence-electron chi connectivity index (χ1n) is 8.77. The second kappa shape index (κ2) is 8.39. The van der Waals surface area contributed by atoms with Crippen LogP contribution in [0.3, 0.4) is 0 Å². The minimum Gasteiger partial charge on any atom is -0.472 e. The predicted octanol–water partition coefficient (Wildman–Crippen LogP) is 1.94. The third-order valence-corrected chi connectivity index (χ3v) is 4.54. The molecule has 1 atom stereocenters. The van der Waals surface area contributed by atoms with Gasteiger partial charge in [-0.05, 0) is 36.6 Å². The van der Waals surface area contributed by atoms with Crippen LogP contribution in [-0.2, 0) is 11.3 Å². The van der Waals surface area contributed by atoms with Gasteiger partial charge in [0.1, 0.15) is 6.26 Å². The average Bonchev–Trinajstić information content (AvgIpc) is 3.21. The number of piperidine rings is 1. The van der Waals surface area contributed by atoms with Gasteiger partial charge >= 0.3 is 6.03 Å². The summed E-state index contributed by atoms with van der Waals surface area (Å²) in [5.41, 5.74) is 7.07. The molecule has 1 aliphatic heterocycles. The van der Waals surface area contributed by atoms with Crippen LogP contribution < -0.4 is 16.4 Å². The van der Waals surface area contributed by atoms with E-state index in [2.05, 4.69) is 10.6 Å². The third-order valence-electron chi connectivity index (χ3n) is 4.54. The molecule has 3 rings (SSSR count). The largest absolute Gasteiger partial charge is 0.472 e. The van der Waals surface area contributed by atoms with Gasteiger partial charge < -0.3 is 25.7 Å². The zero-order chi connectivity index (χ0) is 19.2. The van der Waals surface area contributed by atoms with Gasteiger partial charge in [0.15, 0.2) is 0 Å². The summed E-state index contributed by atoms with van der Waals surface area (Å²) in [5.74, 6) is -0.414. The first kappa shape index (κ1) is 18.5. The van der Waals surface area contributed by atoms with E-state index in [0.717, 1.165) is 18.4 Å². The van der Waals surface area contributed by atoms with Crippen LogP contribution in [0.2, 0.25) is 0 Å². The van der Waals surface area contributed by atoms with Crippen LogP contribution in [0, 0.1) is 5.92 Å². The number of carbonyl (C=O) groups excluding carboxylic acids is 3. The van der Waals surface area contributed by atoms with Crippen molar-refractivity contribution in [1.82, 2.24) is 10.2 Å². The number of carbonyl (C=O) groups is 3. The van der Waals surface area contributed by atoms with Crippen LogP contribution in [-0.4, -0.2) is 35.8 Å². The van der Waals surface area contributed by atoms with Gasteiger partial charge in [0.05, 0.1) is 17.7 Å². The summed E-state index contributed by atoms with van der Waals surface area (Å²) in [6.07, 6.45) is 4.42. The number of nitrogens with one attached hydrogen (secondary N) is 2. The number of likely N-dealkylation sites (tertiary alicyclic amines) is 1.